The van der Waals surface area contributed by atoms with Crippen molar-refractivity contribution in [2.24, 2.45) is 0 Å². The third-order valence-corrected chi connectivity index (χ3v) is 3.60. The fourth-order valence-corrected chi connectivity index (χ4v) is 2.17. The molecule has 0 aliphatic carbocycles. The summed E-state index contributed by atoms with van der Waals surface area (Å²) < 4.78 is 0.941. The van der Waals surface area contributed by atoms with Crippen molar-refractivity contribution in [2.45, 2.75) is 13.5 Å². The number of aromatic hydroxyl groups is 1. The highest BCUT2D eigenvalue weighted by atomic mass is 79.9. The van der Waals surface area contributed by atoms with Crippen molar-refractivity contribution in [3.63, 3.8) is 0 Å². The molecular weight excluding hydrogens is 346 g/mol. The largest absolute Gasteiger partial charge is 0.506 e. The highest BCUT2D eigenvalue weighted by molar-refractivity contribution is 9.10. The van der Waals surface area contributed by atoms with Crippen molar-refractivity contribution < 1.29 is 9.90 Å². The van der Waals surface area contributed by atoms with Gasteiger partial charge in [-0.2, -0.15) is 0 Å². The molecule has 0 atom stereocenters. The number of aryl methyl sites for hydroxylation is 1. The molecule has 22 heavy (non-hydrogen) atoms. The molecule has 1 aromatic carbocycles. The smallest absolute Gasteiger partial charge is 0.251 e. The second-order valence-electron chi connectivity index (χ2n) is 4.86. The number of carbonyl (C=O) groups excluding carboxylic acids is 1. The van der Waals surface area contributed by atoms with E-state index in [0.717, 1.165) is 10.2 Å². The van der Waals surface area contributed by atoms with Crippen LogP contribution in [0.3, 0.4) is 0 Å². The van der Waals surface area contributed by atoms with Gasteiger partial charge in [0.1, 0.15) is 5.75 Å². The number of halogens is 1. The van der Waals surface area contributed by atoms with Gasteiger partial charge >= 0.3 is 0 Å². The van der Waals surface area contributed by atoms with Crippen LogP contribution < -0.4 is 10.6 Å². The van der Waals surface area contributed by atoms with E-state index in [2.05, 4.69) is 31.5 Å². The zero-order valence-electron chi connectivity index (χ0n) is 12.3. The van der Waals surface area contributed by atoms with Crippen molar-refractivity contribution in [2.75, 3.05) is 13.1 Å². The Kier molecular flexibility index (Phi) is 5.91. The van der Waals surface area contributed by atoms with E-state index in [9.17, 15) is 9.90 Å². The Bertz CT molecular complexity index is 644. The molecule has 5 nitrogen and oxygen atoms in total. The van der Waals surface area contributed by atoms with E-state index in [1.807, 2.05) is 19.1 Å². The van der Waals surface area contributed by atoms with Crippen LogP contribution in [-0.4, -0.2) is 29.1 Å². The molecule has 1 amide bonds. The third kappa shape index (κ3) is 4.82. The lowest BCUT2D eigenvalue weighted by Gasteiger charge is -2.08. The van der Waals surface area contributed by atoms with E-state index in [1.165, 1.54) is 0 Å². The van der Waals surface area contributed by atoms with Gasteiger partial charge in [-0.3, -0.25) is 9.78 Å². The van der Waals surface area contributed by atoms with Crippen molar-refractivity contribution in [1.29, 1.82) is 0 Å². The molecule has 0 radical (unpaired) electrons. The van der Waals surface area contributed by atoms with E-state index < -0.39 is 0 Å². The first-order chi connectivity index (χ1) is 10.6. The highest BCUT2D eigenvalue weighted by Crippen LogP contribution is 2.14. The monoisotopic (exact) mass is 363 g/mol. The van der Waals surface area contributed by atoms with Crippen molar-refractivity contribution in [1.82, 2.24) is 15.6 Å². The molecule has 0 fully saturated rings. The van der Waals surface area contributed by atoms with Crippen molar-refractivity contribution in [3.05, 3.63) is 57.8 Å². The van der Waals surface area contributed by atoms with Gasteiger partial charge in [0, 0.05) is 35.4 Å². The molecule has 1 aromatic heterocycles. The van der Waals surface area contributed by atoms with Crippen LogP contribution in [0.4, 0.5) is 0 Å². The minimum Gasteiger partial charge on any atom is -0.506 e. The Labute approximate surface area is 137 Å². The Hall–Kier alpha value is -1.92. The van der Waals surface area contributed by atoms with Crippen LogP contribution >= 0.6 is 15.9 Å². The quantitative estimate of drug-likeness (QED) is 0.688. The molecule has 0 spiro atoms. The first-order valence-corrected chi connectivity index (χ1v) is 7.75. The molecule has 0 saturated heterocycles. The van der Waals surface area contributed by atoms with Crippen LogP contribution in [0.15, 0.2) is 40.9 Å². The first kappa shape index (κ1) is 16.5. The summed E-state index contributed by atoms with van der Waals surface area (Å²) in [5, 5.41) is 15.6. The highest BCUT2D eigenvalue weighted by Gasteiger charge is 2.05. The predicted octanol–water partition coefficient (Wildman–Crippen LogP) is 2.38. The summed E-state index contributed by atoms with van der Waals surface area (Å²) in [5.74, 6) is 0.0721. The lowest BCUT2D eigenvalue weighted by molar-refractivity contribution is 0.0954. The zero-order valence-corrected chi connectivity index (χ0v) is 13.9. The van der Waals surface area contributed by atoms with Gasteiger partial charge in [0.2, 0.25) is 0 Å². The number of rotatable bonds is 6. The lowest BCUT2D eigenvalue weighted by atomic mass is 10.2. The molecule has 116 valence electrons. The van der Waals surface area contributed by atoms with E-state index >= 15 is 0 Å². The summed E-state index contributed by atoms with van der Waals surface area (Å²) in [4.78, 5) is 16.1. The molecule has 1 heterocycles. The molecule has 2 aromatic rings. The van der Waals surface area contributed by atoms with E-state index in [-0.39, 0.29) is 11.7 Å². The number of carbonyl (C=O) groups is 1. The summed E-state index contributed by atoms with van der Waals surface area (Å²) in [6, 6.07) is 10.6. The maximum Gasteiger partial charge on any atom is 0.251 e. The maximum absolute atomic E-state index is 11.9. The van der Waals surface area contributed by atoms with Crippen LogP contribution in [0.25, 0.3) is 0 Å². The lowest BCUT2D eigenvalue weighted by Crippen LogP contribution is -2.31. The van der Waals surface area contributed by atoms with E-state index in [0.29, 0.717) is 30.9 Å². The summed E-state index contributed by atoms with van der Waals surface area (Å²) in [6.45, 7) is 3.43. The van der Waals surface area contributed by atoms with Gasteiger partial charge in [-0.1, -0.05) is 15.9 Å². The molecule has 0 aliphatic rings. The average Bonchev–Trinajstić information content (AvgIpc) is 2.50. The number of nitrogens with one attached hydrogen (secondary N) is 2. The Morgan fingerprint density at radius 3 is 2.64 bits per heavy atom. The zero-order chi connectivity index (χ0) is 15.9. The number of amides is 1. The number of benzene rings is 1. The van der Waals surface area contributed by atoms with Gasteiger partial charge < -0.3 is 15.7 Å². The standard InChI is InChI=1S/C16H18BrN3O2/c1-11-2-7-15(21)14(20-11)10-18-8-9-19-16(22)12-3-5-13(17)6-4-12/h2-7,18,21H,8-10H2,1H3,(H,19,22). The summed E-state index contributed by atoms with van der Waals surface area (Å²) in [5.41, 5.74) is 2.10. The van der Waals surface area contributed by atoms with Crippen molar-refractivity contribution in [3.8, 4) is 5.75 Å². The molecule has 0 unspecified atom stereocenters. The number of aromatic nitrogens is 1. The normalized spacial score (nSPS) is 10.5. The van der Waals surface area contributed by atoms with Crippen LogP contribution in [-0.2, 0) is 6.54 Å². The summed E-state index contributed by atoms with van der Waals surface area (Å²) in [6.07, 6.45) is 0. The molecule has 0 bridgehead atoms. The minimum absolute atomic E-state index is 0.106. The number of hydrogen-bond acceptors (Lipinski definition) is 4. The Morgan fingerprint density at radius 2 is 1.91 bits per heavy atom. The van der Waals surface area contributed by atoms with Gasteiger partial charge in [-0.05, 0) is 43.3 Å². The van der Waals surface area contributed by atoms with Crippen LogP contribution in [0, 0.1) is 6.92 Å². The summed E-state index contributed by atoms with van der Waals surface area (Å²) >= 11 is 3.33. The number of pyridine rings is 1. The molecule has 6 heteroatoms. The van der Waals surface area contributed by atoms with Gasteiger partial charge in [0.15, 0.2) is 0 Å². The van der Waals surface area contributed by atoms with Crippen LogP contribution in [0.1, 0.15) is 21.7 Å². The third-order valence-electron chi connectivity index (χ3n) is 3.08. The van der Waals surface area contributed by atoms with E-state index in [4.69, 9.17) is 0 Å². The van der Waals surface area contributed by atoms with E-state index in [1.54, 1.807) is 24.3 Å². The van der Waals surface area contributed by atoms with Gasteiger partial charge in [-0.25, -0.2) is 0 Å². The first-order valence-electron chi connectivity index (χ1n) is 6.96. The second-order valence-corrected chi connectivity index (χ2v) is 5.77. The van der Waals surface area contributed by atoms with Crippen molar-refractivity contribution >= 4 is 21.8 Å². The Morgan fingerprint density at radius 1 is 1.18 bits per heavy atom. The summed E-state index contributed by atoms with van der Waals surface area (Å²) in [7, 11) is 0. The minimum atomic E-state index is -0.106. The second kappa shape index (κ2) is 7.91. The van der Waals surface area contributed by atoms with Gasteiger partial charge in [-0.15, -0.1) is 0 Å². The van der Waals surface area contributed by atoms with Gasteiger partial charge in [0.25, 0.3) is 5.91 Å². The fraction of sp³-hybridized carbons (Fsp3) is 0.250. The van der Waals surface area contributed by atoms with Gasteiger partial charge in [0.05, 0.1) is 5.69 Å². The van der Waals surface area contributed by atoms with Crippen LogP contribution in [0.5, 0.6) is 5.75 Å². The average molecular weight is 364 g/mol. The molecule has 0 saturated carbocycles. The number of nitrogens with zero attached hydrogens (tertiary/aromatic N) is 1. The molecular formula is C16H18BrN3O2. The molecule has 2 rings (SSSR count). The molecule has 0 aliphatic heterocycles. The number of hydrogen-bond donors (Lipinski definition) is 3. The topological polar surface area (TPSA) is 74.2 Å². The fourth-order valence-electron chi connectivity index (χ4n) is 1.91. The maximum atomic E-state index is 11.9. The predicted molar refractivity (Wildman–Crippen MR) is 88.8 cm³/mol. The SMILES string of the molecule is Cc1ccc(O)c(CNCCNC(=O)c2ccc(Br)cc2)n1. The molecule has 3 N–H and O–H groups in total. The Balaban J connectivity index is 1.72. The van der Waals surface area contributed by atoms with Crippen LogP contribution in [0.2, 0.25) is 0 Å².